The Morgan fingerprint density at radius 2 is 1.90 bits per heavy atom. The Balaban J connectivity index is 2.08. The van der Waals surface area contributed by atoms with Gasteiger partial charge >= 0.3 is 0 Å². The van der Waals surface area contributed by atoms with Gasteiger partial charge in [0.15, 0.2) is 0 Å². The maximum atomic E-state index is 12.6. The smallest absolute Gasteiger partial charge is 0.250 e. The van der Waals surface area contributed by atoms with Crippen molar-refractivity contribution in [3.63, 3.8) is 0 Å². The highest BCUT2D eigenvalue weighted by atomic mass is 16.5. The van der Waals surface area contributed by atoms with Crippen LogP contribution in [0.3, 0.4) is 0 Å². The third-order valence-corrected chi connectivity index (χ3v) is 3.62. The molecule has 1 aromatic carbocycles. The fourth-order valence-electron chi connectivity index (χ4n) is 2.41. The maximum Gasteiger partial charge on any atom is 0.250 e. The molecule has 1 aliphatic heterocycles. The van der Waals surface area contributed by atoms with Crippen molar-refractivity contribution in [1.82, 2.24) is 10.2 Å². The van der Waals surface area contributed by atoms with Crippen LogP contribution < -0.4 is 5.32 Å². The van der Waals surface area contributed by atoms with E-state index in [1.807, 2.05) is 37.3 Å². The molecule has 0 radical (unpaired) electrons. The molecule has 1 saturated heterocycles. The molecule has 2 amide bonds. The summed E-state index contributed by atoms with van der Waals surface area (Å²) in [6.07, 6.45) is 0.941. The molecule has 1 N–H and O–H groups in total. The van der Waals surface area contributed by atoms with Crippen molar-refractivity contribution in [3.05, 3.63) is 35.9 Å². The summed E-state index contributed by atoms with van der Waals surface area (Å²) in [7, 11) is 0. The van der Waals surface area contributed by atoms with Gasteiger partial charge < -0.3 is 15.0 Å². The molecule has 0 aliphatic carbocycles. The maximum absolute atomic E-state index is 12.6. The van der Waals surface area contributed by atoms with Crippen LogP contribution in [0.5, 0.6) is 0 Å². The van der Waals surface area contributed by atoms with E-state index in [0.29, 0.717) is 19.8 Å². The highest BCUT2D eigenvalue weighted by molar-refractivity contribution is 5.97. The fraction of sp³-hybridized carbons (Fsp3) is 0.500. The van der Waals surface area contributed by atoms with Gasteiger partial charge in [-0.2, -0.15) is 0 Å². The largest absolute Gasteiger partial charge is 0.380 e. The molecule has 5 nitrogen and oxygen atoms in total. The summed E-state index contributed by atoms with van der Waals surface area (Å²) >= 11 is 0. The minimum absolute atomic E-state index is 0.0756. The van der Waals surface area contributed by atoms with Crippen molar-refractivity contribution >= 4 is 11.8 Å². The Bertz CT molecular complexity index is 490. The number of carbonyl (C=O) groups is 2. The van der Waals surface area contributed by atoms with Gasteiger partial charge in [-0.1, -0.05) is 37.3 Å². The second-order valence-corrected chi connectivity index (χ2v) is 5.17. The van der Waals surface area contributed by atoms with Crippen LogP contribution in [0.15, 0.2) is 30.3 Å². The second kappa shape index (κ2) is 7.22. The lowest BCUT2D eigenvalue weighted by Gasteiger charge is -2.37. The second-order valence-electron chi connectivity index (χ2n) is 5.17. The summed E-state index contributed by atoms with van der Waals surface area (Å²) in [5.74, 6) is -0.202. The van der Waals surface area contributed by atoms with Crippen molar-refractivity contribution in [2.45, 2.75) is 32.4 Å². The monoisotopic (exact) mass is 290 g/mol. The Morgan fingerprint density at radius 3 is 2.57 bits per heavy atom. The number of benzene rings is 1. The summed E-state index contributed by atoms with van der Waals surface area (Å²) in [5.41, 5.74) is 0.808. The van der Waals surface area contributed by atoms with E-state index in [2.05, 4.69) is 5.32 Å². The first-order valence-corrected chi connectivity index (χ1v) is 7.38. The number of carbonyl (C=O) groups excluding carboxylic acids is 2. The number of hydrogen-bond donors (Lipinski definition) is 1. The molecule has 1 fully saturated rings. The molecule has 0 bridgehead atoms. The van der Waals surface area contributed by atoms with Crippen molar-refractivity contribution in [1.29, 1.82) is 0 Å². The standard InChI is InChI=1S/C16H22N2O3/c1-3-10-21-11-9-18-12(2)15(19)17-14(16(18)20)13-7-5-4-6-8-13/h4-8,12,14H,3,9-11H2,1-2H3,(H,17,19). The first-order valence-electron chi connectivity index (χ1n) is 7.38. The number of rotatable bonds is 6. The summed E-state index contributed by atoms with van der Waals surface area (Å²) in [6, 6.07) is 8.26. The van der Waals surface area contributed by atoms with Crippen molar-refractivity contribution in [3.8, 4) is 0 Å². The van der Waals surface area contributed by atoms with Crippen LogP contribution in [0.2, 0.25) is 0 Å². The Kier molecular flexibility index (Phi) is 5.33. The molecular weight excluding hydrogens is 268 g/mol. The van der Waals surface area contributed by atoms with Crippen LogP contribution >= 0.6 is 0 Å². The average Bonchev–Trinajstić information content (AvgIpc) is 2.51. The lowest BCUT2D eigenvalue weighted by atomic mass is 10.0. The highest BCUT2D eigenvalue weighted by Gasteiger charge is 2.38. The van der Waals surface area contributed by atoms with E-state index in [1.54, 1.807) is 11.8 Å². The van der Waals surface area contributed by atoms with Gasteiger partial charge in [-0.3, -0.25) is 9.59 Å². The predicted molar refractivity (Wildman–Crippen MR) is 79.6 cm³/mol. The molecule has 2 unspecified atom stereocenters. The van der Waals surface area contributed by atoms with E-state index in [9.17, 15) is 9.59 Å². The normalized spacial score (nSPS) is 22.3. The number of nitrogens with zero attached hydrogens (tertiary/aromatic N) is 1. The summed E-state index contributed by atoms with van der Waals surface area (Å²) in [5, 5.41) is 2.79. The van der Waals surface area contributed by atoms with E-state index in [-0.39, 0.29) is 11.8 Å². The highest BCUT2D eigenvalue weighted by Crippen LogP contribution is 2.21. The van der Waals surface area contributed by atoms with E-state index in [1.165, 1.54) is 0 Å². The first kappa shape index (κ1) is 15.5. The minimum Gasteiger partial charge on any atom is -0.380 e. The van der Waals surface area contributed by atoms with Crippen LogP contribution in [0.4, 0.5) is 0 Å². The number of piperazine rings is 1. The molecule has 1 aliphatic rings. The van der Waals surface area contributed by atoms with Crippen LogP contribution in [0.1, 0.15) is 31.9 Å². The Morgan fingerprint density at radius 1 is 1.19 bits per heavy atom. The van der Waals surface area contributed by atoms with Gasteiger partial charge in [-0.05, 0) is 18.9 Å². The van der Waals surface area contributed by atoms with Gasteiger partial charge in [0.05, 0.1) is 6.61 Å². The zero-order valence-corrected chi connectivity index (χ0v) is 12.5. The molecule has 0 spiro atoms. The Labute approximate surface area is 125 Å². The number of nitrogens with one attached hydrogen (secondary N) is 1. The number of hydrogen-bond acceptors (Lipinski definition) is 3. The molecular formula is C16H22N2O3. The van der Waals surface area contributed by atoms with Gasteiger partial charge in [0.2, 0.25) is 5.91 Å². The molecule has 1 aromatic rings. The summed E-state index contributed by atoms with van der Waals surface area (Å²) < 4.78 is 5.43. The van der Waals surface area contributed by atoms with Crippen LogP contribution in [0, 0.1) is 0 Å². The molecule has 2 atom stereocenters. The van der Waals surface area contributed by atoms with E-state index < -0.39 is 12.1 Å². The molecule has 2 rings (SSSR count). The Hall–Kier alpha value is -1.88. The SMILES string of the molecule is CCCOCCN1C(=O)C(c2ccccc2)NC(=O)C1C. The molecule has 1 heterocycles. The van der Waals surface area contributed by atoms with Gasteiger partial charge in [0, 0.05) is 13.2 Å². The quantitative estimate of drug-likeness (QED) is 0.808. The van der Waals surface area contributed by atoms with E-state index in [4.69, 9.17) is 4.74 Å². The molecule has 5 heteroatoms. The predicted octanol–water partition coefficient (Wildman–Crippen LogP) is 1.50. The van der Waals surface area contributed by atoms with E-state index >= 15 is 0 Å². The lowest BCUT2D eigenvalue weighted by Crippen LogP contribution is -2.59. The van der Waals surface area contributed by atoms with Crippen LogP contribution in [-0.4, -0.2) is 42.5 Å². The van der Waals surface area contributed by atoms with Crippen molar-refractivity contribution < 1.29 is 14.3 Å². The molecule has 0 aromatic heterocycles. The number of ether oxygens (including phenoxy) is 1. The molecule has 0 saturated carbocycles. The average molecular weight is 290 g/mol. The van der Waals surface area contributed by atoms with Gasteiger partial charge in [0.25, 0.3) is 5.91 Å². The van der Waals surface area contributed by atoms with Gasteiger partial charge in [0.1, 0.15) is 12.1 Å². The van der Waals surface area contributed by atoms with Crippen molar-refractivity contribution in [2.75, 3.05) is 19.8 Å². The topological polar surface area (TPSA) is 58.6 Å². The zero-order chi connectivity index (χ0) is 15.2. The van der Waals surface area contributed by atoms with Gasteiger partial charge in [-0.15, -0.1) is 0 Å². The van der Waals surface area contributed by atoms with Crippen LogP contribution in [-0.2, 0) is 14.3 Å². The number of amides is 2. The summed E-state index contributed by atoms with van der Waals surface area (Å²) in [4.78, 5) is 26.3. The molecule has 114 valence electrons. The fourth-order valence-corrected chi connectivity index (χ4v) is 2.41. The molecule has 21 heavy (non-hydrogen) atoms. The first-order chi connectivity index (χ1) is 10.1. The van der Waals surface area contributed by atoms with Crippen LogP contribution in [0.25, 0.3) is 0 Å². The van der Waals surface area contributed by atoms with Crippen molar-refractivity contribution in [2.24, 2.45) is 0 Å². The third kappa shape index (κ3) is 3.61. The third-order valence-electron chi connectivity index (χ3n) is 3.62. The van der Waals surface area contributed by atoms with E-state index in [0.717, 1.165) is 12.0 Å². The zero-order valence-electron chi connectivity index (χ0n) is 12.5. The summed E-state index contributed by atoms with van der Waals surface area (Å²) in [6.45, 7) is 5.35. The lowest BCUT2D eigenvalue weighted by molar-refractivity contribution is -0.149. The van der Waals surface area contributed by atoms with Gasteiger partial charge in [-0.25, -0.2) is 0 Å². The minimum atomic E-state index is -0.596.